The molecule has 1 amide bonds. The van der Waals surface area contributed by atoms with Crippen LogP contribution in [0.15, 0.2) is 6.07 Å². The Balaban J connectivity index is 2.05. The van der Waals surface area contributed by atoms with Gasteiger partial charge in [0.1, 0.15) is 5.69 Å². The molecule has 88 valence electrons. The highest BCUT2D eigenvalue weighted by Crippen LogP contribution is 2.06. The second-order valence-electron chi connectivity index (χ2n) is 4.03. The van der Waals surface area contributed by atoms with Gasteiger partial charge in [-0.3, -0.25) is 9.89 Å². The first-order valence-electron chi connectivity index (χ1n) is 5.85. The monoisotopic (exact) mass is 222 g/mol. The quantitative estimate of drug-likeness (QED) is 0.762. The Morgan fingerprint density at radius 3 is 3.12 bits per heavy atom. The Morgan fingerprint density at radius 2 is 2.38 bits per heavy atom. The molecule has 0 bridgehead atoms. The van der Waals surface area contributed by atoms with E-state index >= 15 is 0 Å². The minimum atomic E-state index is 0.0413. The van der Waals surface area contributed by atoms with E-state index in [1.54, 1.807) is 0 Å². The van der Waals surface area contributed by atoms with Crippen LogP contribution in [0.2, 0.25) is 0 Å². The Hall–Kier alpha value is -1.36. The molecule has 1 saturated heterocycles. The van der Waals surface area contributed by atoms with Gasteiger partial charge in [0.05, 0.1) is 0 Å². The van der Waals surface area contributed by atoms with Crippen molar-refractivity contribution in [1.29, 1.82) is 0 Å². The van der Waals surface area contributed by atoms with E-state index in [0.717, 1.165) is 44.7 Å². The second-order valence-corrected chi connectivity index (χ2v) is 4.03. The zero-order valence-electron chi connectivity index (χ0n) is 9.62. The molecule has 0 radical (unpaired) electrons. The van der Waals surface area contributed by atoms with Crippen LogP contribution in [0.4, 0.5) is 0 Å². The molecular formula is C11H18N4O. The number of aryl methyl sites for hydroxylation is 1. The number of H-pyrrole nitrogens is 1. The number of hydrogen-bond donors (Lipinski definition) is 2. The summed E-state index contributed by atoms with van der Waals surface area (Å²) in [5.41, 5.74) is 1.55. The number of aromatic nitrogens is 2. The van der Waals surface area contributed by atoms with Crippen molar-refractivity contribution in [3.63, 3.8) is 0 Å². The highest BCUT2D eigenvalue weighted by atomic mass is 16.2. The molecule has 1 aliphatic rings. The molecule has 2 heterocycles. The number of amides is 1. The number of rotatable bonds is 2. The van der Waals surface area contributed by atoms with E-state index in [9.17, 15) is 4.79 Å². The van der Waals surface area contributed by atoms with Crippen LogP contribution in [0.1, 0.15) is 29.5 Å². The van der Waals surface area contributed by atoms with Gasteiger partial charge in [-0.15, -0.1) is 0 Å². The summed E-state index contributed by atoms with van der Waals surface area (Å²) >= 11 is 0. The third-order valence-corrected chi connectivity index (χ3v) is 2.86. The molecule has 0 aromatic carbocycles. The number of nitrogens with one attached hydrogen (secondary N) is 2. The van der Waals surface area contributed by atoms with Gasteiger partial charge in [-0.05, 0) is 25.5 Å². The molecular weight excluding hydrogens is 204 g/mol. The zero-order valence-corrected chi connectivity index (χ0v) is 9.62. The molecule has 1 aliphatic heterocycles. The van der Waals surface area contributed by atoms with Crippen LogP contribution in [-0.4, -0.2) is 47.2 Å². The summed E-state index contributed by atoms with van der Waals surface area (Å²) in [6.07, 6.45) is 1.89. The smallest absolute Gasteiger partial charge is 0.274 e. The van der Waals surface area contributed by atoms with Crippen molar-refractivity contribution >= 4 is 5.91 Å². The largest absolute Gasteiger partial charge is 0.336 e. The number of nitrogens with zero attached hydrogens (tertiary/aromatic N) is 2. The van der Waals surface area contributed by atoms with Gasteiger partial charge in [0, 0.05) is 25.3 Å². The van der Waals surface area contributed by atoms with E-state index in [2.05, 4.69) is 15.5 Å². The maximum absolute atomic E-state index is 12.1. The molecule has 16 heavy (non-hydrogen) atoms. The molecule has 2 rings (SSSR count). The lowest BCUT2D eigenvalue weighted by Crippen LogP contribution is -2.34. The lowest BCUT2D eigenvalue weighted by molar-refractivity contribution is 0.0760. The van der Waals surface area contributed by atoms with E-state index in [1.165, 1.54) is 0 Å². The molecule has 2 N–H and O–H groups in total. The lowest BCUT2D eigenvalue weighted by atomic mass is 10.2. The Bertz CT molecular complexity index is 353. The fourth-order valence-corrected chi connectivity index (χ4v) is 1.86. The summed E-state index contributed by atoms with van der Waals surface area (Å²) in [6, 6.07) is 1.85. The molecule has 0 atom stereocenters. The third-order valence-electron chi connectivity index (χ3n) is 2.86. The van der Waals surface area contributed by atoms with Crippen molar-refractivity contribution in [2.75, 3.05) is 26.2 Å². The number of hydrogen-bond acceptors (Lipinski definition) is 3. The van der Waals surface area contributed by atoms with Crippen LogP contribution in [0.3, 0.4) is 0 Å². The third kappa shape index (κ3) is 2.41. The number of aromatic amines is 1. The van der Waals surface area contributed by atoms with Crippen molar-refractivity contribution in [2.24, 2.45) is 0 Å². The highest BCUT2D eigenvalue weighted by Gasteiger charge is 2.19. The van der Waals surface area contributed by atoms with Crippen LogP contribution < -0.4 is 5.32 Å². The lowest BCUT2D eigenvalue weighted by Gasteiger charge is -2.18. The van der Waals surface area contributed by atoms with Crippen LogP contribution in [0, 0.1) is 0 Å². The van der Waals surface area contributed by atoms with E-state index < -0.39 is 0 Å². The van der Waals surface area contributed by atoms with Crippen molar-refractivity contribution < 1.29 is 4.79 Å². The zero-order chi connectivity index (χ0) is 11.4. The van der Waals surface area contributed by atoms with E-state index in [-0.39, 0.29) is 5.91 Å². The molecule has 1 aromatic heterocycles. The van der Waals surface area contributed by atoms with Crippen LogP contribution >= 0.6 is 0 Å². The summed E-state index contributed by atoms with van der Waals surface area (Å²) in [5.74, 6) is 0.0413. The van der Waals surface area contributed by atoms with Gasteiger partial charge >= 0.3 is 0 Å². The molecule has 0 saturated carbocycles. The number of carbonyl (C=O) groups is 1. The maximum atomic E-state index is 12.1. The first-order valence-corrected chi connectivity index (χ1v) is 5.85. The average molecular weight is 222 g/mol. The molecule has 1 aromatic rings. The topological polar surface area (TPSA) is 61.0 Å². The van der Waals surface area contributed by atoms with Crippen molar-refractivity contribution in [3.8, 4) is 0 Å². The maximum Gasteiger partial charge on any atom is 0.274 e. The second kappa shape index (κ2) is 5.12. The van der Waals surface area contributed by atoms with Gasteiger partial charge in [0.15, 0.2) is 0 Å². The normalized spacial score (nSPS) is 17.2. The molecule has 0 spiro atoms. The molecule has 1 fully saturated rings. The summed E-state index contributed by atoms with van der Waals surface area (Å²) < 4.78 is 0. The Kier molecular flexibility index (Phi) is 3.56. The Labute approximate surface area is 95.2 Å². The number of carbonyl (C=O) groups excluding carboxylic acids is 1. The van der Waals surface area contributed by atoms with Crippen LogP contribution in [0.5, 0.6) is 0 Å². The van der Waals surface area contributed by atoms with Crippen LogP contribution in [0.25, 0.3) is 0 Å². The van der Waals surface area contributed by atoms with Crippen LogP contribution in [-0.2, 0) is 6.42 Å². The van der Waals surface area contributed by atoms with Crippen molar-refractivity contribution in [1.82, 2.24) is 20.4 Å². The summed E-state index contributed by atoms with van der Waals surface area (Å²) in [4.78, 5) is 14.0. The SMILES string of the molecule is CCc1cc(C(=O)N2CCCNCC2)n[nH]1. The van der Waals surface area contributed by atoms with Gasteiger partial charge in [0.25, 0.3) is 5.91 Å². The average Bonchev–Trinajstić information content (AvgIpc) is 2.62. The molecule has 5 heteroatoms. The molecule has 0 unspecified atom stereocenters. The summed E-state index contributed by atoms with van der Waals surface area (Å²) in [5, 5.41) is 10.2. The Morgan fingerprint density at radius 1 is 1.50 bits per heavy atom. The first-order chi connectivity index (χ1) is 7.81. The molecule has 5 nitrogen and oxygen atoms in total. The van der Waals surface area contributed by atoms with E-state index in [4.69, 9.17) is 0 Å². The fraction of sp³-hybridized carbons (Fsp3) is 0.636. The molecule has 0 aliphatic carbocycles. The van der Waals surface area contributed by atoms with E-state index in [1.807, 2.05) is 17.9 Å². The van der Waals surface area contributed by atoms with Gasteiger partial charge in [-0.1, -0.05) is 6.92 Å². The minimum absolute atomic E-state index is 0.0413. The predicted octanol–water partition coefficient (Wildman–Crippen LogP) is 0.408. The highest BCUT2D eigenvalue weighted by molar-refractivity contribution is 5.92. The van der Waals surface area contributed by atoms with E-state index in [0.29, 0.717) is 5.69 Å². The summed E-state index contributed by atoms with van der Waals surface area (Å²) in [6.45, 7) is 5.49. The minimum Gasteiger partial charge on any atom is -0.336 e. The van der Waals surface area contributed by atoms with Crippen molar-refractivity contribution in [3.05, 3.63) is 17.5 Å². The van der Waals surface area contributed by atoms with Gasteiger partial charge < -0.3 is 10.2 Å². The summed E-state index contributed by atoms with van der Waals surface area (Å²) in [7, 11) is 0. The fourth-order valence-electron chi connectivity index (χ4n) is 1.86. The standard InChI is InChI=1S/C11H18N4O/c1-2-9-8-10(14-13-9)11(16)15-6-3-4-12-5-7-15/h8,12H,2-7H2,1H3,(H,13,14). The van der Waals surface area contributed by atoms with Crippen molar-refractivity contribution in [2.45, 2.75) is 19.8 Å². The first kappa shape index (κ1) is 11.1. The van der Waals surface area contributed by atoms with Gasteiger partial charge in [-0.2, -0.15) is 5.10 Å². The van der Waals surface area contributed by atoms with Gasteiger partial charge in [0.2, 0.25) is 0 Å². The van der Waals surface area contributed by atoms with Gasteiger partial charge in [-0.25, -0.2) is 0 Å². The predicted molar refractivity (Wildman–Crippen MR) is 61.4 cm³/mol.